The fourth-order valence-corrected chi connectivity index (χ4v) is 6.31. The molecule has 0 aliphatic carbocycles. The predicted molar refractivity (Wildman–Crippen MR) is 175 cm³/mol. The van der Waals surface area contributed by atoms with Crippen LogP contribution in [0.5, 0.6) is 0 Å². The first-order chi connectivity index (χ1) is 21.7. The van der Waals surface area contributed by atoms with Crippen LogP contribution in [0.1, 0.15) is 51.4 Å². The SMILES string of the molecule is O=C(NCc1ccccc1-c1ccc(C2OC(CSc3ccccc3)CC(c3ccc(CO)cc3)O2)cc1)c1ccccc1. The number of aliphatic hydroxyl groups is 1. The number of nitrogens with one attached hydrogen (secondary N) is 1. The standard InChI is InChI=1S/C38H35NO4S/c40-25-27-15-17-29(18-16-27)36-23-33(26-44-34-12-5-2-6-13-34)42-38(43-36)31-21-19-28(20-22-31)35-14-8-7-11-32(35)24-39-37(41)30-9-3-1-4-10-30/h1-22,33,36,38,40H,23-26H2,(H,39,41). The van der Waals surface area contributed by atoms with E-state index in [9.17, 15) is 9.90 Å². The molecule has 222 valence electrons. The van der Waals surface area contributed by atoms with Gasteiger partial charge in [0.25, 0.3) is 5.91 Å². The van der Waals surface area contributed by atoms with E-state index >= 15 is 0 Å². The van der Waals surface area contributed by atoms with E-state index in [-0.39, 0.29) is 24.7 Å². The molecule has 5 aromatic rings. The zero-order valence-electron chi connectivity index (χ0n) is 24.3. The van der Waals surface area contributed by atoms with Gasteiger partial charge < -0.3 is 19.9 Å². The number of hydrogen-bond acceptors (Lipinski definition) is 5. The Labute approximate surface area is 262 Å². The van der Waals surface area contributed by atoms with Crippen molar-refractivity contribution < 1.29 is 19.4 Å². The molecule has 0 spiro atoms. The van der Waals surface area contributed by atoms with Gasteiger partial charge in [-0.25, -0.2) is 0 Å². The maximum Gasteiger partial charge on any atom is 0.251 e. The summed E-state index contributed by atoms with van der Waals surface area (Å²) < 4.78 is 13.1. The van der Waals surface area contributed by atoms with Crippen molar-refractivity contribution in [2.75, 3.05) is 5.75 Å². The summed E-state index contributed by atoms with van der Waals surface area (Å²) in [5.74, 6) is 0.720. The number of ether oxygens (including phenoxy) is 2. The van der Waals surface area contributed by atoms with Crippen molar-refractivity contribution in [1.82, 2.24) is 5.32 Å². The van der Waals surface area contributed by atoms with E-state index in [2.05, 4.69) is 59.9 Å². The molecule has 1 heterocycles. The Balaban J connectivity index is 1.19. The molecule has 5 aromatic carbocycles. The van der Waals surface area contributed by atoms with Crippen molar-refractivity contribution in [3.05, 3.63) is 161 Å². The molecule has 1 amide bonds. The Kier molecular flexibility index (Phi) is 9.85. The number of hydrogen-bond donors (Lipinski definition) is 2. The van der Waals surface area contributed by atoms with E-state index in [0.29, 0.717) is 12.1 Å². The van der Waals surface area contributed by atoms with Gasteiger partial charge in [-0.2, -0.15) is 0 Å². The molecule has 0 bridgehead atoms. The monoisotopic (exact) mass is 601 g/mol. The Morgan fingerprint density at radius 2 is 1.41 bits per heavy atom. The third kappa shape index (κ3) is 7.47. The molecule has 2 N–H and O–H groups in total. The highest BCUT2D eigenvalue weighted by molar-refractivity contribution is 7.99. The third-order valence-electron chi connectivity index (χ3n) is 7.78. The lowest BCUT2D eigenvalue weighted by atomic mass is 9.97. The largest absolute Gasteiger partial charge is 0.392 e. The van der Waals surface area contributed by atoms with Crippen molar-refractivity contribution in [3.63, 3.8) is 0 Å². The van der Waals surface area contributed by atoms with Crippen LogP contribution in [0.25, 0.3) is 11.1 Å². The molecule has 1 aliphatic rings. The summed E-state index contributed by atoms with van der Waals surface area (Å²) in [6.45, 7) is 0.445. The van der Waals surface area contributed by atoms with Gasteiger partial charge in [0.15, 0.2) is 6.29 Å². The molecule has 3 atom stereocenters. The molecule has 1 fully saturated rings. The lowest BCUT2D eigenvalue weighted by Gasteiger charge is -2.36. The molecule has 44 heavy (non-hydrogen) atoms. The van der Waals surface area contributed by atoms with E-state index in [1.807, 2.05) is 78.9 Å². The molecule has 5 nitrogen and oxygen atoms in total. The van der Waals surface area contributed by atoms with Crippen LogP contribution in [-0.4, -0.2) is 22.9 Å². The van der Waals surface area contributed by atoms with Gasteiger partial charge >= 0.3 is 0 Å². The summed E-state index contributed by atoms with van der Waals surface area (Å²) in [4.78, 5) is 13.9. The van der Waals surface area contributed by atoms with E-state index in [1.165, 1.54) is 4.90 Å². The van der Waals surface area contributed by atoms with Crippen LogP contribution in [0.15, 0.2) is 138 Å². The maximum absolute atomic E-state index is 12.6. The lowest BCUT2D eigenvalue weighted by molar-refractivity contribution is -0.245. The zero-order chi connectivity index (χ0) is 30.1. The second kappa shape index (κ2) is 14.5. The Morgan fingerprint density at radius 1 is 0.750 bits per heavy atom. The number of benzene rings is 5. The van der Waals surface area contributed by atoms with E-state index in [0.717, 1.165) is 45.6 Å². The Morgan fingerprint density at radius 3 is 2.14 bits per heavy atom. The van der Waals surface area contributed by atoms with Gasteiger partial charge in [-0.15, -0.1) is 11.8 Å². The lowest BCUT2D eigenvalue weighted by Crippen LogP contribution is -2.31. The van der Waals surface area contributed by atoms with E-state index in [1.54, 1.807) is 11.8 Å². The minimum absolute atomic E-state index is 0.00453. The zero-order valence-corrected chi connectivity index (χ0v) is 25.2. The molecule has 6 rings (SSSR count). The van der Waals surface area contributed by atoms with Crippen LogP contribution in [0, 0.1) is 0 Å². The second-order valence-electron chi connectivity index (χ2n) is 10.8. The summed E-state index contributed by atoms with van der Waals surface area (Å²) in [6.07, 6.45) is 0.100. The fourth-order valence-electron chi connectivity index (χ4n) is 5.37. The quantitative estimate of drug-likeness (QED) is 0.158. The van der Waals surface area contributed by atoms with Crippen molar-refractivity contribution >= 4 is 17.7 Å². The molecule has 1 aliphatic heterocycles. The first kappa shape index (κ1) is 29.9. The van der Waals surface area contributed by atoms with Gasteiger partial charge in [0.05, 0.1) is 18.8 Å². The predicted octanol–water partition coefficient (Wildman–Crippen LogP) is 8.11. The molecular weight excluding hydrogens is 566 g/mol. The number of aliphatic hydroxyl groups excluding tert-OH is 1. The number of carbonyl (C=O) groups excluding carboxylic acids is 1. The third-order valence-corrected chi connectivity index (χ3v) is 8.92. The molecular formula is C38H35NO4S. The molecule has 3 unspecified atom stereocenters. The maximum atomic E-state index is 12.6. The summed E-state index contributed by atoms with van der Waals surface area (Å²) in [5, 5.41) is 12.6. The number of rotatable bonds is 10. The highest BCUT2D eigenvalue weighted by Gasteiger charge is 2.32. The van der Waals surface area contributed by atoms with Gasteiger partial charge in [-0.1, -0.05) is 109 Å². The topological polar surface area (TPSA) is 67.8 Å². The number of amides is 1. The van der Waals surface area contributed by atoms with Gasteiger partial charge in [-0.05, 0) is 52.1 Å². The van der Waals surface area contributed by atoms with E-state index in [4.69, 9.17) is 9.47 Å². The second-order valence-corrected chi connectivity index (χ2v) is 11.9. The van der Waals surface area contributed by atoms with Gasteiger partial charge in [0, 0.05) is 34.7 Å². The van der Waals surface area contributed by atoms with Gasteiger partial charge in [-0.3, -0.25) is 4.79 Å². The van der Waals surface area contributed by atoms with Crippen LogP contribution < -0.4 is 5.32 Å². The fraction of sp³-hybridized carbons (Fsp3) is 0.184. The highest BCUT2D eigenvalue weighted by atomic mass is 32.2. The molecule has 0 saturated carbocycles. The van der Waals surface area contributed by atoms with Crippen LogP contribution in [0.4, 0.5) is 0 Å². The van der Waals surface area contributed by atoms with Crippen molar-refractivity contribution in [2.45, 2.75) is 43.0 Å². The summed E-state index contributed by atoms with van der Waals surface area (Å²) >= 11 is 1.79. The van der Waals surface area contributed by atoms with Crippen molar-refractivity contribution in [2.24, 2.45) is 0 Å². The Hall–Kier alpha value is -4.20. The van der Waals surface area contributed by atoms with Crippen molar-refractivity contribution in [1.29, 1.82) is 0 Å². The number of thioether (sulfide) groups is 1. The normalized spacial score (nSPS) is 18.1. The van der Waals surface area contributed by atoms with Crippen LogP contribution in [0.2, 0.25) is 0 Å². The first-order valence-corrected chi connectivity index (χ1v) is 15.8. The molecule has 6 heteroatoms. The highest BCUT2D eigenvalue weighted by Crippen LogP contribution is 2.40. The van der Waals surface area contributed by atoms with Crippen molar-refractivity contribution in [3.8, 4) is 11.1 Å². The Bertz CT molecular complexity index is 1640. The van der Waals surface area contributed by atoms with Gasteiger partial charge in [0.2, 0.25) is 0 Å². The average molecular weight is 602 g/mol. The minimum Gasteiger partial charge on any atom is -0.392 e. The van der Waals surface area contributed by atoms with Crippen LogP contribution >= 0.6 is 11.8 Å². The van der Waals surface area contributed by atoms with Gasteiger partial charge in [0.1, 0.15) is 0 Å². The molecule has 0 radical (unpaired) electrons. The molecule has 1 saturated heterocycles. The average Bonchev–Trinajstić information content (AvgIpc) is 3.10. The summed E-state index contributed by atoms with van der Waals surface area (Å²) in [7, 11) is 0. The summed E-state index contributed by atoms with van der Waals surface area (Å²) in [6, 6.07) is 44.1. The molecule has 0 aromatic heterocycles. The smallest absolute Gasteiger partial charge is 0.251 e. The summed E-state index contributed by atoms with van der Waals surface area (Å²) in [5.41, 5.74) is 6.72. The minimum atomic E-state index is -0.512. The first-order valence-electron chi connectivity index (χ1n) is 14.9. The van der Waals surface area contributed by atoms with E-state index < -0.39 is 6.29 Å². The van der Waals surface area contributed by atoms with Crippen LogP contribution in [0.3, 0.4) is 0 Å². The number of carbonyl (C=O) groups is 1. The van der Waals surface area contributed by atoms with Crippen LogP contribution in [-0.2, 0) is 22.6 Å².